The van der Waals surface area contributed by atoms with Gasteiger partial charge in [0.05, 0.1) is 18.8 Å². The number of phosphoric ester groups is 1. The molecular formula is C39H78NO11P. The van der Waals surface area contributed by atoms with Gasteiger partial charge in [0.2, 0.25) is 5.91 Å². The highest BCUT2D eigenvalue weighted by Crippen LogP contribution is 2.47. The van der Waals surface area contributed by atoms with Crippen LogP contribution >= 0.6 is 7.82 Å². The van der Waals surface area contributed by atoms with Crippen LogP contribution < -0.4 is 5.32 Å². The molecule has 0 aromatic rings. The van der Waals surface area contributed by atoms with E-state index in [1.54, 1.807) is 0 Å². The van der Waals surface area contributed by atoms with Crippen LogP contribution in [0.3, 0.4) is 0 Å². The second-order valence-electron chi connectivity index (χ2n) is 15.2. The summed E-state index contributed by atoms with van der Waals surface area (Å²) in [6, 6.07) is -1.02. The first-order valence-corrected chi connectivity index (χ1v) is 22.5. The average Bonchev–Trinajstić information content (AvgIpc) is 3.12. The number of aliphatic hydroxyl groups is 6. The fraction of sp³-hybridized carbons (Fsp3) is 0.974. The molecule has 9 atom stereocenters. The number of phosphoric acid groups is 1. The molecule has 52 heavy (non-hydrogen) atoms. The van der Waals surface area contributed by atoms with Gasteiger partial charge < -0.3 is 40.8 Å². The topological polar surface area (TPSA) is 206 Å². The van der Waals surface area contributed by atoms with Gasteiger partial charge in [0.1, 0.15) is 36.6 Å². The Bertz CT molecular complexity index is 900. The minimum absolute atomic E-state index is 0.241. The van der Waals surface area contributed by atoms with Crippen LogP contribution in [0.2, 0.25) is 0 Å². The molecule has 0 aromatic carbocycles. The number of hydrogen-bond acceptors (Lipinski definition) is 10. The third kappa shape index (κ3) is 22.7. The van der Waals surface area contributed by atoms with Crippen LogP contribution in [0.5, 0.6) is 0 Å². The highest BCUT2D eigenvalue weighted by Gasteiger charge is 2.51. The van der Waals surface area contributed by atoms with Gasteiger partial charge in [0.15, 0.2) is 0 Å². The summed E-state index contributed by atoms with van der Waals surface area (Å²) >= 11 is 0. The maximum absolute atomic E-state index is 12.9. The van der Waals surface area contributed by atoms with Gasteiger partial charge >= 0.3 is 7.82 Å². The van der Waals surface area contributed by atoms with Gasteiger partial charge in [0, 0.05) is 6.42 Å². The predicted molar refractivity (Wildman–Crippen MR) is 205 cm³/mol. The van der Waals surface area contributed by atoms with Crippen LogP contribution in [0, 0.1) is 0 Å². The van der Waals surface area contributed by atoms with Crippen LogP contribution in [-0.4, -0.2) is 96.8 Å². The standard InChI is InChI=1S/C39H78NO11P/c1-3-5-7-9-11-13-15-16-17-19-20-22-24-26-28-32(41)31(40-33(42)29-27-25-23-21-18-14-12-10-8-6-4-2)30-50-52(48,49)51-39-37(46)35(44)34(43)36(45)38(39)47/h31-32,34-39,41,43-47H,3-30H2,1-2H3,(H,40,42)(H,48,49)/t31-,32+,34?,35+,36?,37?,38?,39?/m0/s1. The van der Waals surface area contributed by atoms with Gasteiger partial charge in [0.25, 0.3) is 0 Å². The Morgan fingerprint density at radius 2 is 0.923 bits per heavy atom. The molecule has 0 heterocycles. The third-order valence-corrected chi connectivity index (χ3v) is 11.4. The zero-order chi connectivity index (χ0) is 38.6. The van der Waals surface area contributed by atoms with Gasteiger partial charge in [-0.25, -0.2) is 4.57 Å². The summed E-state index contributed by atoms with van der Waals surface area (Å²) in [4.78, 5) is 23.3. The van der Waals surface area contributed by atoms with Crippen LogP contribution in [0.15, 0.2) is 0 Å². The molecule has 1 rings (SSSR count). The number of unbranched alkanes of at least 4 members (excludes halogenated alkanes) is 23. The van der Waals surface area contributed by atoms with E-state index in [4.69, 9.17) is 9.05 Å². The van der Waals surface area contributed by atoms with Gasteiger partial charge in [-0.3, -0.25) is 13.8 Å². The Kier molecular flexibility index (Phi) is 29.0. The second kappa shape index (κ2) is 30.5. The van der Waals surface area contributed by atoms with Crippen molar-refractivity contribution in [1.82, 2.24) is 5.32 Å². The summed E-state index contributed by atoms with van der Waals surface area (Å²) in [5.74, 6) is -0.309. The van der Waals surface area contributed by atoms with Crippen molar-refractivity contribution >= 4 is 13.7 Å². The molecule has 6 unspecified atom stereocenters. The van der Waals surface area contributed by atoms with Crippen LogP contribution in [0.1, 0.15) is 187 Å². The summed E-state index contributed by atoms with van der Waals surface area (Å²) in [6.07, 6.45) is 17.1. The van der Waals surface area contributed by atoms with Crippen molar-refractivity contribution in [1.29, 1.82) is 0 Å². The van der Waals surface area contributed by atoms with E-state index in [9.17, 15) is 44.9 Å². The molecule has 1 saturated carbocycles. The van der Waals surface area contributed by atoms with Crippen molar-refractivity contribution in [2.24, 2.45) is 0 Å². The molecule has 0 spiro atoms. The number of aliphatic hydroxyl groups excluding tert-OH is 6. The third-order valence-electron chi connectivity index (χ3n) is 10.4. The largest absolute Gasteiger partial charge is 0.472 e. The first-order chi connectivity index (χ1) is 24.9. The van der Waals surface area contributed by atoms with Crippen molar-refractivity contribution in [3.63, 3.8) is 0 Å². The lowest BCUT2D eigenvalue weighted by Gasteiger charge is -2.41. The number of carbonyl (C=O) groups excluding carboxylic acids is 1. The molecule has 0 bridgehead atoms. The Morgan fingerprint density at radius 1 is 0.577 bits per heavy atom. The molecule has 13 heteroatoms. The number of rotatable bonds is 34. The van der Waals surface area contributed by atoms with Crippen molar-refractivity contribution in [3.05, 3.63) is 0 Å². The molecule has 1 fully saturated rings. The molecule has 1 aliphatic rings. The molecular weight excluding hydrogens is 689 g/mol. The van der Waals surface area contributed by atoms with E-state index in [1.165, 1.54) is 109 Å². The molecule has 1 amide bonds. The number of hydrogen-bond donors (Lipinski definition) is 8. The van der Waals surface area contributed by atoms with Crippen LogP contribution in [0.25, 0.3) is 0 Å². The number of carbonyl (C=O) groups is 1. The molecule has 12 nitrogen and oxygen atoms in total. The maximum Gasteiger partial charge on any atom is 0.472 e. The summed E-state index contributed by atoms with van der Waals surface area (Å²) in [7, 11) is -5.04. The lowest BCUT2D eigenvalue weighted by Crippen LogP contribution is -2.64. The summed E-state index contributed by atoms with van der Waals surface area (Å²) in [5.41, 5.74) is 0. The van der Waals surface area contributed by atoms with Crippen LogP contribution in [-0.2, 0) is 18.4 Å². The highest BCUT2D eigenvalue weighted by atomic mass is 31.2. The van der Waals surface area contributed by atoms with Gasteiger partial charge in [-0.1, -0.05) is 168 Å². The molecule has 1 aliphatic carbocycles. The minimum atomic E-state index is -5.04. The van der Waals surface area contributed by atoms with Gasteiger partial charge in [-0.05, 0) is 12.8 Å². The monoisotopic (exact) mass is 768 g/mol. The van der Waals surface area contributed by atoms with Crippen LogP contribution in [0.4, 0.5) is 0 Å². The summed E-state index contributed by atoms with van der Waals surface area (Å²) < 4.78 is 22.9. The second-order valence-corrected chi connectivity index (χ2v) is 16.6. The van der Waals surface area contributed by atoms with E-state index >= 15 is 0 Å². The smallest absolute Gasteiger partial charge is 0.391 e. The van der Waals surface area contributed by atoms with Crippen molar-refractivity contribution in [2.75, 3.05) is 6.61 Å². The van der Waals surface area contributed by atoms with Gasteiger partial charge in [-0.15, -0.1) is 0 Å². The summed E-state index contributed by atoms with van der Waals surface area (Å²) in [5, 5.41) is 63.9. The Balaban J connectivity index is 2.53. The molecule has 0 aliphatic heterocycles. The first-order valence-electron chi connectivity index (χ1n) is 21.0. The van der Waals surface area contributed by atoms with E-state index in [0.717, 1.165) is 38.5 Å². The minimum Gasteiger partial charge on any atom is -0.391 e. The Hall–Kier alpha value is -0.660. The molecule has 0 radical (unpaired) electrons. The Morgan fingerprint density at radius 3 is 1.33 bits per heavy atom. The fourth-order valence-electron chi connectivity index (χ4n) is 6.91. The van der Waals surface area contributed by atoms with E-state index in [-0.39, 0.29) is 12.3 Å². The maximum atomic E-state index is 12.9. The fourth-order valence-corrected chi connectivity index (χ4v) is 7.87. The average molecular weight is 768 g/mol. The normalized spacial score (nSPS) is 24.4. The molecule has 0 aromatic heterocycles. The highest BCUT2D eigenvalue weighted by molar-refractivity contribution is 7.47. The lowest BCUT2D eigenvalue weighted by atomic mass is 9.85. The zero-order valence-corrected chi connectivity index (χ0v) is 33.5. The number of nitrogens with one attached hydrogen (secondary N) is 1. The molecule has 310 valence electrons. The van der Waals surface area contributed by atoms with E-state index < -0.39 is 63.2 Å². The summed E-state index contributed by atoms with van der Waals surface area (Å²) in [6.45, 7) is 3.86. The predicted octanol–water partition coefficient (Wildman–Crippen LogP) is 6.72. The Labute approximate surface area is 315 Å². The quantitative estimate of drug-likeness (QED) is 0.0255. The first kappa shape index (κ1) is 49.4. The SMILES string of the molecule is CCCCCCCCCCCCCCCC[C@@H](O)[C@H](COP(=O)(O)OC1C(O)C(O)C(O)[C@@H](O)C1O)NC(=O)CCCCCCCCCCCCC. The van der Waals surface area contributed by atoms with Crippen molar-refractivity contribution in [2.45, 2.75) is 236 Å². The van der Waals surface area contributed by atoms with Gasteiger partial charge in [-0.2, -0.15) is 0 Å². The van der Waals surface area contributed by atoms with Crippen molar-refractivity contribution < 1.29 is 53.9 Å². The zero-order valence-electron chi connectivity index (χ0n) is 32.6. The lowest BCUT2D eigenvalue weighted by molar-refractivity contribution is -0.220. The van der Waals surface area contributed by atoms with E-state index in [0.29, 0.717) is 19.3 Å². The molecule has 0 saturated heterocycles. The van der Waals surface area contributed by atoms with E-state index in [1.807, 2.05) is 0 Å². The molecule has 8 N–H and O–H groups in total. The van der Waals surface area contributed by atoms with E-state index in [2.05, 4.69) is 19.2 Å². The van der Waals surface area contributed by atoms with Crippen molar-refractivity contribution in [3.8, 4) is 0 Å². The number of amides is 1.